The van der Waals surface area contributed by atoms with Gasteiger partial charge in [0.05, 0.1) is 11.9 Å². The van der Waals surface area contributed by atoms with E-state index in [-0.39, 0.29) is 28.5 Å². The molecule has 0 bridgehead atoms. The van der Waals surface area contributed by atoms with Gasteiger partial charge in [0, 0.05) is 46.9 Å². The van der Waals surface area contributed by atoms with Crippen molar-refractivity contribution in [3.63, 3.8) is 0 Å². The fourth-order valence-electron chi connectivity index (χ4n) is 3.27. The Labute approximate surface area is 213 Å². The number of aromatic nitrogens is 3. The van der Waals surface area contributed by atoms with Crippen LogP contribution in [-0.4, -0.2) is 20.2 Å². The van der Waals surface area contributed by atoms with Crippen LogP contribution in [0.2, 0.25) is 5.02 Å². The van der Waals surface area contributed by atoms with E-state index in [1.54, 1.807) is 31.3 Å². The van der Waals surface area contributed by atoms with Crippen LogP contribution >= 0.6 is 11.6 Å². The van der Waals surface area contributed by atoms with Gasteiger partial charge in [-0.05, 0) is 32.4 Å². The molecule has 0 aliphatic heterocycles. The zero-order valence-electron chi connectivity index (χ0n) is 21.0. The molecule has 36 heavy (non-hydrogen) atoms. The van der Waals surface area contributed by atoms with Crippen molar-refractivity contribution in [3.05, 3.63) is 86.3 Å². The Bertz CT molecular complexity index is 1410. The van der Waals surface area contributed by atoms with Crippen LogP contribution in [0.5, 0.6) is 5.75 Å². The van der Waals surface area contributed by atoms with Crippen molar-refractivity contribution < 1.29 is 13.5 Å². The summed E-state index contributed by atoms with van der Waals surface area (Å²) in [4.78, 5) is 21.3. The van der Waals surface area contributed by atoms with Gasteiger partial charge in [-0.15, -0.1) is 0 Å². The largest absolute Gasteiger partial charge is 0.485 e. The number of allylic oxidation sites excluding steroid dienone is 2. The minimum atomic E-state index is -0.856. The summed E-state index contributed by atoms with van der Waals surface area (Å²) >= 11 is 6.33. The maximum atomic E-state index is 13.9. The number of ether oxygens (including phenoxy) is 1. The maximum absolute atomic E-state index is 13.9. The molecule has 3 aromatic heterocycles. The van der Waals surface area contributed by atoms with Gasteiger partial charge in [0.1, 0.15) is 34.7 Å². The van der Waals surface area contributed by atoms with Crippen molar-refractivity contribution in [1.82, 2.24) is 14.5 Å². The molecule has 10 heteroatoms. The zero-order valence-corrected chi connectivity index (χ0v) is 21.7. The van der Waals surface area contributed by atoms with Crippen molar-refractivity contribution in [3.8, 4) is 11.4 Å². The molecular weight excluding hydrogens is 488 g/mol. The van der Waals surface area contributed by atoms with Crippen LogP contribution in [0.3, 0.4) is 0 Å². The van der Waals surface area contributed by atoms with Gasteiger partial charge in [-0.2, -0.15) is 0 Å². The lowest BCUT2D eigenvalue weighted by atomic mass is 9.89. The summed E-state index contributed by atoms with van der Waals surface area (Å²) in [6.07, 6.45) is 4.25. The Balaban J connectivity index is 1.92. The van der Waals surface area contributed by atoms with E-state index in [0.717, 1.165) is 17.5 Å². The van der Waals surface area contributed by atoms with Crippen LogP contribution in [0.25, 0.3) is 5.69 Å². The monoisotopic (exact) mass is 515 g/mol. The molecule has 190 valence electrons. The van der Waals surface area contributed by atoms with Gasteiger partial charge in [-0.1, -0.05) is 32.4 Å². The van der Waals surface area contributed by atoms with Gasteiger partial charge in [-0.3, -0.25) is 14.3 Å². The van der Waals surface area contributed by atoms with E-state index in [9.17, 15) is 13.6 Å². The van der Waals surface area contributed by atoms with Gasteiger partial charge in [0.15, 0.2) is 5.82 Å². The van der Waals surface area contributed by atoms with Crippen molar-refractivity contribution >= 4 is 23.1 Å². The molecule has 2 N–H and O–H groups in total. The second-order valence-electron chi connectivity index (χ2n) is 9.45. The Morgan fingerprint density at radius 3 is 2.53 bits per heavy atom. The lowest BCUT2D eigenvalue weighted by molar-refractivity contribution is 0.292. The van der Waals surface area contributed by atoms with E-state index >= 15 is 0 Å². The molecule has 0 amide bonds. The normalized spacial score (nSPS) is 12.0. The molecule has 0 radical (unpaired) electrons. The number of pyridine rings is 3. The predicted octanol–water partition coefficient (Wildman–Crippen LogP) is 6.14. The lowest BCUT2D eigenvalue weighted by Gasteiger charge is -2.19. The van der Waals surface area contributed by atoms with Crippen LogP contribution < -0.4 is 15.6 Å². The Morgan fingerprint density at radius 2 is 1.89 bits per heavy atom. The third-order valence-corrected chi connectivity index (χ3v) is 5.71. The highest BCUT2D eigenvalue weighted by Gasteiger charge is 2.18. The highest BCUT2D eigenvalue weighted by atomic mass is 35.5. The van der Waals surface area contributed by atoms with Crippen LogP contribution in [0.4, 0.5) is 14.6 Å². The SMILES string of the molecule is C/C(=C/C(=N)C(C)(C)C)Nc1cc(-n2c(C)cc(OCc3ncc(F)cc3F)c(Cl)c2=O)c(C)cn1. The lowest BCUT2D eigenvalue weighted by Crippen LogP contribution is -2.23. The predicted molar refractivity (Wildman–Crippen MR) is 137 cm³/mol. The second kappa shape index (κ2) is 10.6. The Hall–Kier alpha value is -3.59. The summed E-state index contributed by atoms with van der Waals surface area (Å²) in [5.41, 5.74) is 2.08. The smallest absolute Gasteiger partial charge is 0.277 e. The third-order valence-electron chi connectivity index (χ3n) is 5.36. The van der Waals surface area contributed by atoms with Crippen LogP contribution in [0.1, 0.15) is 44.6 Å². The topological polar surface area (TPSA) is 92.9 Å². The molecule has 0 aromatic carbocycles. The van der Waals surface area contributed by atoms with E-state index in [1.165, 1.54) is 4.57 Å². The summed E-state index contributed by atoms with van der Waals surface area (Å²) in [7, 11) is 0. The highest BCUT2D eigenvalue weighted by molar-refractivity contribution is 6.31. The highest BCUT2D eigenvalue weighted by Crippen LogP contribution is 2.26. The van der Waals surface area contributed by atoms with E-state index in [4.69, 9.17) is 21.7 Å². The first kappa shape index (κ1) is 27.0. The van der Waals surface area contributed by atoms with Crippen LogP contribution in [-0.2, 0) is 6.61 Å². The van der Waals surface area contributed by atoms with Gasteiger partial charge in [0.2, 0.25) is 0 Å². The van der Waals surface area contributed by atoms with Gasteiger partial charge in [0.25, 0.3) is 5.56 Å². The number of nitrogens with one attached hydrogen (secondary N) is 2. The molecule has 0 aliphatic carbocycles. The van der Waals surface area contributed by atoms with Crippen molar-refractivity contribution in [2.45, 2.75) is 48.1 Å². The number of rotatable bonds is 7. The molecule has 0 fully saturated rings. The molecule has 0 unspecified atom stereocenters. The minimum Gasteiger partial charge on any atom is -0.485 e. The molecule has 7 nitrogen and oxygen atoms in total. The summed E-state index contributed by atoms with van der Waals surface area (Å²) in [6.45, 7) is 10.9. The van der Waals surface area contributed by atoms with Crippen molar-refractivity contribution in [1.29, 1.82) is 5.41 Å². The molecule has 0 saturated heterocycles. The first-order valence-electron chi connectivity index (χ1n) is 11.1. The Morgan fingerprint density at radius 1 is 1.19 bits per heavy atom. The fourth-order valence-corrected chi connectivity index (χ4v) is 3.47. The molecule has 3 aromatic rings. The zero-order chi connectivity index (χ0) is 26.8. The quantitative estimate of drug-likeness (QED) is 0.369. The molecule has 0 saturated carbocycles. The van der Waals surface area contributed by atoms with E-state index in [2.05, 4.69) is 15.3 Å². The van der Waals surface area contributed by atoms with Crippen LogP contribution in [0.15, 0.2) is 47.2 Å². The standard InChI is InChI=1S/C26H28ClF2N5O2/c1-14-11-32-23(33-15(2)7-22(30)26(4,5)6)10-20(14)34-16(3)8-21(24(27)25(34)35)36-13-19-18(29)9-17(28)12-31-19/h7-12,30H,13H2,1-6H3,(H,32,33)/b15-7-,30-22?. The molecular formula is C26H28ClF2N5O2. The molecule has 0 aliphatic rings. The third kappa shape index (κ3) is 6.15. The average Bonchev–Trinajstić information content (AvgIpc) is 2.77. The summed E-state index contributed by atoms with van der Waals surface area (Å²) in [5, 5.41) is 11.2. The maximum Gasteiger partial charge on any atom is 0.277 e. The van der Waals surface area contributed by atoms with Crippen LogP contribution in [0, 0.1) is 36.3 Å². The molecule has 0 spiro atoms. The Kier molecular flexibility index (Phi) is 7.93. The fraction of sp³-hybridized carbons (Fsp3) is 0.308. The summed E-state index contributed by atoms with van der Waals surface area (Å²) in [6, 6.07) is 3.99. The minimum absolute atomic E-state index is 0.0606. The first-order chi connectivity index (χ1) is 16.8. The van der Waals surface area contributed by atoms with E-state index in [0.29, 0.717) is 29.0 Å². The summed E-state index contributed by atoms with van der Waals surface area (Å²) < 4.78 is 34.0. The molecule has 3 rings (SSSR count). The number of anilines is 1. The average molecular weight is 516 g/mol. The number of nitrogens with zero attached hydrogens (tertiary/aromatic N) is 3. The van der Waals surface area contributed by atoms with E-state index < -0.39 is 17.2 Å². The van der Waals surface area contributed by atoms with Crippen molar-refractivity contribution in [2.24, 2.45) is 5.41 Å². The number of halogens is 3. The van der Waals surface area contributed by atoms with Gasteiger partial charge >= 0.3 is 0 Å². The molecule has 3 heterocycles. The summed E-state index contributed by atoms with van der Waals surface area (Å²) in [5.74, 6) is -1.10. The number of hydrogen-bond donors (Lipinski definition) is 2. The van der Waals surface area contributed by atoms with E-state index in [1.807, 2.05) is 34.6 Å². The second-order valence-corrected chi connectivity index (χ2v) is 9.83. The van der Waals surface area contributed by atoms with Gasteiger partial charge < -0.3 is 15.5 Å². The van der Waals surface area contributed by atoms with Gasteiger partial charge in [-0.25, -0.2) is 13.8 Å². The number of hydrogen-bond acceptors (Lipinski definition) is 6. The molecule has 0 atom stereocenters. The van der Waals surface area contributed by atoms with Crippen molar-refractivity contribution in [2.75, 3.05) is 5.32 Å². The number of aryl methyl sites for hydroxylation is 2. The first-order valence-corrected chi connectivity index (χ1v) is 11.5.